The van der Waals surface area contributed by atoms with Crippen LogP contribution in [0, 0.1) is 0 Å². The van der Waals surface area contributed by atoms with E-state index in [2.05, 4.69) is 15.3 Å². The van der Waals surface area contributed by atoms with E-state index in [1.807, 2.05) is 0 Å². The lowest BCUT2D eigenvalue weighted by molar-refractivity contribution is -0.138. The van der Waals surface area contributed by atoms with Gasteiger partial charge in [0.1, 0.15) is 11.5 Å². The maximum absolute atomic E-state index is 12.2. The third kappa shape index (κ3) is 4.58. The zero-order chi connectivity index (χ0) is 17.7. The minimum atomic E-state index is -2.96. The van der Waals surface area contributed by atoms with Crippen molar-refractivity contribution in [2.45, 2.75) is 32.5 Å². The summed E-state index contributed by atoms with van der Waals surface area (Å²) in [6, 6.07) is 5.02. The largest absolute Gasteiger partial charge is 0.450 e. The molecule has 1 amide bonds. The van der Waals surface area contributed by atoms with Crippen LogP contribution in [-0.2, 0) is 14.3 Å². The third-order valence-electron chi connectivity index (χ3n) is 3.16. The molecule has 0 fully saturated rings. The minimum absolute atomic E-state index is 0.0231. The molecular weight excluding hydrogens is 326 g/mol. The highest BCUT2D eigenvalue weighted by atomic mass is 19.3. The fourth-order valence-electron chi connectivity index (χ4n) is 1.94. The van der Waals surface area contributed by atoms with Crippen LogP contribution >= 0.6 is 0 Å². The summed E-state index contributed by atoms with van der Waals surface area (Å²) in [6.07, 6.45) is -0.854. The fraction of sp³-hybridized carbons (Fsp3) is 0.333. The highest BCUT2D eigenvalue weighted by Crippen LogP contribution is 2.16. The first kappa shape index (κ1) is 17.5. The average molecular weight is 340 g/mol. The molecule has 1 aliphatic rings. The second-order valence-electron chi connectivity index (χ2n) is 4.91. The van der Waals surface area contributed by atoms with E-state index in [1.165, 1.54) is 31.2 Å². The van der Waals surface area contributed by atoms with E-state index < -0.39 is 24.5 Å². The van der Waals surface area contributed by atoms with Crippen molar-refractivity contribution in [2.75, 3.05) is 0 Å². The molecule has 2 rings (SSSR count). The van der Waals surface area contributed by atoms with Crippen LogP contribution in [0.5, 0.6) is 5.75 Å². The van der Waals surface area contributed by atoms with E-state index in [4.69, 9.17) is 4.74 Å². The van der Waals surface area contributed by atoms with Crippen molar-refractivity contribution in [3.05, 3.63) is 29.8 Å². The number of hydrazone groups is 1. The van der Waals surface area contributed by atoms with Crippen molar-refractivity contribution in [3.8, 4) is 5.75 Å². The Morgan fingerprint density at radius 2 is 1.88 bits per heavy atom. The van der Waals surface area contributed by atoms with Gasteiger partial charge in [0.15, 0.2) is 6.10 Å². The van der Waals surface area contributed by atoms with Crippen molar-refractivity contribution >= 4 is 23.4 Å². The molecule has 1 aromatic rings. The Morgan fingerprint density at radius 3 is 2.42 bits per heavy atom. The number of hydrogen-bond donors (Lipinski definition) is 1. The van der Waals surface area contributed by atoms with E-state index >= 15 is 0 Å². The Bertz CT molecular complexity index is 673. The van der Waals surface area contributed by atoms with Crippen LogP contribution in [0.3, 0.4) is 0 Å². The molecule has 0 unspecified atom stereocenters. The zero-order valence-corrected chi connectivity index (χ0v) is 12.6. The summed E-state index contributed by atoms with van der Waals surface area (Å²) in [5.74, 6) is -1.69. The first-order chi connectivity index (χ1) is 11.4. The Kier molecular flexibility index (Phi) is 5.56. The number of amides is 1. The van der Waals surface area contributed by atoms with E-state index in [9.17, 15) is 23.2 Å². The van der Waals surface area contributed by atoms with Gasteiger partial charge in [0, 0.05) is 18.4 Å². The van der Waals surface area contributed by atoms with Crippen LogP contribution in [-0.4, -0.2) is 36.1 Å². The number of nitrogens with one attached hydrogen (secondary N) is 1. The normalized spacial score (nSPS) is 15.3. The number of Topliss-reactive ketones (excluding diaryl/α,β-unsaturated/α-hetero) is 1. The molecule has 1 heterocycles. The van der Waals surface area contributed by atoms with Gasteiger partial charge in [0.05, 0.1) is 0 Å². The molecule has 0 saturated carbocycles. The van der Waals surface area contributed by atoms with Crippen LogP contribution < -0.4 is 10.2 Å². The van der Waals surface area contributed by atoms with Gasteiger partial charge in [0.25, 0.3) is 0 Å². The second-order valence-corrected chi connectivity index (χ2v) is 4.91. The fourth-order valence-corrected chi connectivity index (χ4v) is 1.94. The molecule has 0 aliphatic carbocycles. The number of halogens is 2. The molecule has 128 valence electrons. The number of esters is 1. The first-order valence-electron chi connectivity index (χ1n) is 7.02. The average Bonchev–Trinajstić information content (AvgIpc) is 2.54. The summed E-state index contributed by atoms with van der Waals surface area (Å²) in [5.41, 5.74) is 2.36. The predicted molar refractivity (Wildman–Crippen MR) is 77.8 cm³/mol. The lowest BCUT2D eigenvalue weighted by atomic mass is 10.1. The van der Waals surface area contributed by atoms with Crippen LogP contribution in [0.1, 0.15) is 30.1 Å². The lowest BCUT2D eigenvalue weighted by Gasteiger charge is -2.15. The van der Waals surface area contributed by atoms with Gasteiger partial charge in [-0.2, -0.15) is 13.9 Å². The smallest absolute Gasteiger partial charge is 0.387 e. The van der Waals surface area contributed by atoms with Crippen LogP contribution in [0.4, 0.5) is 8.78 Å². The van der Waals surface area contributed by atoms with Crippen LogP contribution in [0.15, 0.2) is 29.4 Å². The van der Waals surface area contributed by atoms with E-state index in [0.717, 1.165) is 0 Å². The number of hydrogen-bond acceptors (Lipinski definition) is 6. The van der Waals surface area contributed by atoms with Crippen molar-refractivity contribution in [2.24, 2.45) is 5.10 Å². The molecule has 24 heavy (non-hydrogen) atoms. The monoisotopic (exact) mass is 340 g/mol. The lowest BCUT2D eigenvalue weighted by Crippen LogP contribution is -2.34. The Balaban J connectivity index is 1.96. The van der Waals surface area contributed by atoms with Gasteiger partial charge < -0.3 is 9.47 Å². The standard InChI is InChI=1S/C15H14F2N2O5/c1-8(23-14(22)11-6-7-12(20)19-18-11)13(21)9-2-4-10(5-3-9)24-15(16)17/h2-5,8,15H,6-7H2,1H3,(H,19,20)/t8-/m0/s1. The number of rotatable bonds is 6. The molecule has 0 spiro atoms. The first-order valence-corrected chi connectivity index (χ1v) is 7.02. The zero-order valence-electron chi connectivity index (χ0n) is 12.6. The number of carbonyl (C=O) groups excluding carboxylic acids is 3. The predicted octanol–water partition coefficient (Wildman–Crippen LogP) is 1.67. The van der Waals surface area contributed by atoms with Crippen molar-refractivity contribution in [1.82, 2.24) is 5.43 Å². The van der Waals surface area contributed by atoms with E-state index in [0.29, 0.717) is 0 Å². The van der Waals surface area contributed by atoms with Gasteiger partial charge in [-0.1, -0.05) is 0 Å². The Hall–Kier alpha value is -2.84. The van der Waals surface area contributed by atoms with Gasteiger partial charge in [-0.3, -0.25) is 9.59 Å². The number of ketones is 1. The Morgan fingerprint density at radius 1 is 1.21 bits per heavy atom. The molecule has 1 aliphatic heterocycles. The van der Waals surface area contributed by atoms with Gasteiger partial charge in [0.2, 0.25) is 11.7 Å². The molecule has 0 radical (unpaired) electrons. The molecule has 1 N–H and O–H groups in total. The molecule has 7 nitrogen and oxygen atoms in total. The highest BCUT2D eigenvalue weighted by Gasteiger charge is 2.25. The van der Waals surface area contributed by atoms with Gasteiger partial charge >= 0.3 is 12.6 Å². The van der Waals surface area contributed by atoms with Crippen molar-refractivity contribution in [3.63, 3.8) is 0 Å². The molecule has 1 atom stereocenters. The van der Waals surface area contributed by atoms with Gasteiger partial charge in [-0.25, -0.2) is 10.2 Å². The van der Waals surface area contributed by atoms with E-state index in [-0.39, 0.29) is 35.8 Å². The molecule has 1 aromatic carbocycles. The molecular formula is C15H14F2N2O5. The molecule has 0 saturated heterocycles. The van der Waals surface area contributed by atoms with E-state index in [1.54, 1.807) is 0 Å². The summed E-state index contributed by atoms with van der Waals surface area (Å²) in [5, 5.41) is 3.58. The number of alkyl halides is 2. The number of benzene rings is 1. The molecule has 9 heteroatoms. The summed E-state index contributed by atoms with van der Waals surface area (Å²) < 4.78 is 33.3. The van der Waals surface area contributed by atoms with Crippen molar-refractivity contribution < 1.29 is 32.6 Å². The summed E-state index contributed by atoms with van der Waals surface area (Å²) >= 11 is 0. The molecule has 0 aromatic heterocycles. The van der Waals surface area contributed by atoms with Gasteiger partial charge in [-0.05, 0) is 31.2 Å². The van der Waals surface area contributed by atoms with Gasteiger partial charge in [-0.15, -0.1) is 0 Å². The number of ether oxygens (including phenoxy) is 2. The van der Waals surface area contributed by atoms with Crippen LogP contribution in [0.2, 0.25) is 0 Å². The summed E-state index contributed by atoms with van der Waals surface area (Å²) in [7, 11) is 0. The second kappa shape index (κ2) is 7.62. The SMILES string of the molecule is C[C@H](OC(=O)C1=NNC(=O)CC1)C(=O)c1ccc(OC(F)F)cc1. The summed E-state index contributed by atoms with van der Waals surface area (Å²) in [4.78, 5) is 35.0. The maximum atomic E-state index is 12.2. The quantitative estimate of drug-likeness (QED) is 0.628. The summed E-state index contributed by atoms with van der Waals surface area (Å²) in [6.45, 7) is -1.57. The molecule has 0 bridgehead atoms. The van der Waals surface area contributed by atoms with Crippen molar-refractivity contribution in [1.29, 1.82) is 0 Å². The Labute approximate surface area is 135 Å². The maximum Gasteiger partial charge on any atom is 0.387 e. The number of carbonyl (C=O) groups is 3. The highest BCUT2D eigenvalue weighted by molar-refractivity contribution is 6.37. The van der Waals surface area contributed by atoms with Crippen LogP contribution in [0.25, 0.3) is 0 Å². The minimum Gasteiger partial charge on any atom is -0.450 e. The number of nitrogens with zero attached hydrogens (tertiary/aromatic N) is 1. The third-order valence-corrected chi connectivity index (χ3v) is 3.16. The topological polar surface area (TPSA) is 94.1 Å².